The number of hydrogen-bond donors (Lipinski definition) is 1. The average Bonchev–Trinajstić information content (AvgIpc) is 3.38. The van der Waals surface area contributed by atoms with Crippen LogP contribution in [0.5, 0.6) is 11.5 Å². The fraction of sp³-hybridized carbons (Fsp3) is 0.478. The van der Waals surface area contributed by atoms with Gasteiger partial charge in [0.05, 0.1) is 25.5 Å². The van der Waals surface area contributed by atoms with E-state index >= 15 is 0 Å². The fourth-order valence-electron chi connectivity index (χ4n) is 4.52. The SMILES string of the molecule is COc1cccc(-c2nc(COC(=O)CN3C(=O)NC4(CCCCC4C)C3=O)cs2)c1OC. The molecular formula is C23H27N3O6S. The molecule has 9 nitrogen and oxygen atoms in total. The Balaban J connectivity index is 1.38. The summed E-state index contributed by atoms with van der Waals surface area (Å²) in [5.41, 5.74) is 0.434. The molecule has 2 fully saturated rings. The molecule has 1 aromatic carbocycles. The van der Waals surface area contributed by atoms with Gasteiger partial charge in [-0.1, -0.05) is 25.8 Å². The highest BCUT2D eigenvalue weighted by Crippen LogP contribution is 2.39. The summed E-state index contributed by atoms with van der Waals surface area (Å²) in [5.74, 6) is 0.204. The number of ether oxygens (including phenoxy) is 3. The van der Waals surface area contributed by atoms with Crippen molar-refractivity contribution in [3.05, 3.63) is 29.3 Å². The second-order valence-corrected chi connectivity index (χ2v) is 9.14. The number of para-hydroxylation sites is 1. The van der Waals surface area contributed by atoms with Gasteiger partial charge in [0.1, 0.15) is 23.7 Å². The summed E-state index contributed by atoms with van der Waals surface area (Å²) in [5, 5.41) is 5.32. The summed E-state index contributed by atoms with van der Waals surface area (Å²) in [7, 11) is 3.13. The summed E-state index contributed by atoms with van der Waals surface area (Å²) >= 11 is 1.38. The normalized spacial score (nSPS) is 22.4. The molecular weight excluding hydrogens is 446 g/mol. The molecule has 4 rings (SSSR count). The molecule has 1 N–H and O–H groups in total. The topological polar surface area (TPSA) is 107 Å². The minimum atomic E-state index is -0.894. The Hall–Kier alpha value is -3.14. The predicted molar refractivity (Wildman–Crippen MR) is 121 cm³/mol. The number of carbonyl (C=O) groups is 3. The van der Waals surface area contributed by atoms with Crippen LogP contribution in [0.3, 0.4) is 0 Å². The van der Waals surface area contributed by atoms with Gasteiger partial charge in [0, 0.05) is 5.38 Å². The van der Waals surface area contributed by atoms with Crippen molar-refractivity contribution in [3.63, 3.8) is 0 Å². The van der Waals surface area contributed by atoms with Crippen molar-refractivity contribution in [2.24, 2.45) is 5.92 Å². The summed E-state index contributed by atoms with van der Waals surface area (Å²) in [4.78, 5) is 43.3. The van der Waals surface area contributed by atoms with Gasteiger partial charge in [0.15, 0.2) is 11.5 Å². The van der Waals surface area contributed by atoms with Gasteiger partial charge < -0.3 is 19.5 Å². The molecule has 2 aliphatic rings. The minimum Gasteiger partial charge on any atom is -0.493 e. The maximum Gasteiger partial charge on any atom is 0.326 e. The van der Waals surface area contributed by atoms with Crippen molar-refractivity contribution in [3.8, 4) is 22.1 Å². The molecule has 1 saturated heterocycles. The standard InChI is InChI=1S/C23H27N3O6S/c1-14-7-4-5-10-23(14)21(28)26(22(29)25-23)11-18(27)32-12-15-13-33-20(24-15)16-8-6-9-17(30-2)19(16)31-3/h6,8-9,13-14H,4-5,7,10-12H2,1-3H3,(H,25,29). The van der Waals surface area contributed by atoms with Crippen molar-refractivity contribution in [2.75, 3.05) is 20.8 Å². The smallest absolute Gasteiger partial charge is 0.326 e. The van der Waals surface area contributed by atoms with Crippen LogP contribution in [0.4, 0.5) is 4.79 Å². The molecule has 0 radical (unpaired) electrons. The number of nitrogens with zero attached hydrogens (tertiary/aromatic N) is 2. The van der Waals surface area contributed by atoms with Gasteiger partial charge in [0.2, 0.25) is 0 Å². The molecule has 1 saturated carbocycles. The molecule has 2 heterocycles. The molecule has 0 bridgehead atoms. The fourth-order valence-corrected chi connectivity index (χ4v) is 5.35. The molecule has 2 unspecified atom stereocenters. The number of imide groups is 1. The summed E-state index contributed by atoms with van der Waals surface area (Å²) in [6, 6.07) is 4.98. The number of methoxy groups -OCH3 is 2. The van der Waals surface area contributed by atoms with Gasteiger partial charge in [-0.15, -0.1) is 11.3 Å². The maximum absolute atomic E-state index is 13.0. The molecule has 3 amide bonds. The molecule has 10 heteroatoms. The first-order valence-corrected chi connectivity index (χ1v) is 11.7. The summed E-state index contributed by atoms with van der Waals surface area (Å²) in [6.45, 7) is 1.49. The Labute approximate surface area is 196 Å². The monoisotopic (exact) mass is 473 g/mol. The van der Waals surface area contributed by atoms with E-state index in [2.05, 4.69) is 10.3 Å². The maximum atomic E-state index is 13.0. The third kappa shape index (κ3) is 4.27. The first kappa shape index (κ1) is 23.0. The van der Waals surface area contributed by atoms with Crippen molar-refractivity contribution in [1.29, 1.82) is 0 Å². The highest BCUT2D eigenvalue weighted by atomic mass is 32.1. The van der Waals surface area contributed by atoms with E-state index in [4.69, 9.17) is 14.2 Å². The molecule has 1 aromatic heterocycles. The highest BCUT2D eigenvalue weighted by molar-refractivity contribution is 7.13. The van der Waals surface area contributed by atoms with Crippen LogP contribution in [0.15, 0.2) is 23.6 Å². The number of benzene rings is 1. The molecule has 1 spiro atoms. The van der Waals surface area contributed by atoms with Crippen LogP contribution < -0.4 is 14.8 Å². The van der Waals surface area contributed by atoms with Gasteiger partial charge in [-0.25, -0.2) is 9.78 Å². The molecule has 2 aromatic rings. The lowest BCUT2D eigenvalue weighted by Crippen LogP contribution is -2.54. The minimum absolute atomic E-state index is 0.0331. The molecule has 2 atom stereocenters. The largest absolute Gasteiger partial charge is 0.493 e. The molecule has 33 heavy (non-hydrogen) atoms. The first-order valence-electron chi connectivity index (χ1n) is 10.8. The number of urea groups is 1. The lowest BCUT2D eigenvalue weighted by atomic mass is 9.73. The van der Waals surface area contributed by atoms with Crippen LogP contribution in [0.2, 0.25) is 0 Å². The lowest BCUT2D eigenvalue weighted by molar-refractivity contribution is -0.149. The van der Waals surface area contributed by atoms with E-state index in [0.29, 0.717) is 28.6 Å². The predicted octanol–water partition coefficient (Wildman–Crippen LogP) is 3.37. The van der Waals surface area contributed by atoms with Crippen molar-refractivity contribution in [1.82, 2.24) is 15.2 Å². The van der Waals surface area contributed by atoms with E-state index in [9.17, 15) is 14.4 Å². The number of nitrogens with one attached hydrogen (secondary N) is 1. The Bertz CT molecular complexity index is 1070. The zero-order chi connectivity index (χ0) is 23.6. The third-order valence-corrected chi connectivity index (χ3v) is 7.28. The second-order valence-electron chi connectivity index (χ2n) is 8.29. The van der Waals surface area contributed by atoms with Crippen LogP contribution in [-0.4, -0.2) is 54.1 Å². The van der Waals surface area contributed by atoms with E-state index in [1.807, 2.05) is 19.1 Å². The summed E-state index contributed by atoms with van der Waals surface area (Å²) < 4.78 is 16.1. The van der Waals surface area contributed by atoms with Gasteiger partial charge in [-0.3, -0.25) is 14.5 Å². The van der Waals surface area contributed by atoms with Crippen LogP contribution in [0.1, 0.15) is 38.3 Å². The van der Waals surface area contributed by atoms with Crippen LogP contribution in [-0.2, 0) is 20.9 Å². The number of thiazole rings is 1. The zero-order valence-electron chi connectivity index (χ0n) is 18.9. The van der Waals surface area contributed by atoms with E-state index in [-0.39, 0.29) is 18.4 Å². The van der Waals surface area contributed by atoms with E-state index in [1.165, 1.54) is 11.3 Å². The third-order valence-electron chi connectivity index (χ3n) is 6.35. The Morgan fingerprint density at radius 2 is 2.09 bits per heavy atom. The Kier molecular flexibility index (Phi) is 6.55. The summed E-state index contributed by atoms with van der Waals surface area (Å²) in [6.07, 6.45) is 3.37. The Morgan fingerprint density at radius 1 is 1.27 bits per heavy atom. The highest BCUT2D eigenvalue weighted by Gasteiger charge is 2.55. The number of carbonyl (C=O) groups excluding carboxylic acids is 3. The molecule has 176 valence electrons. The second kappa shape index (κ2) is 9.38. The number of esters is 1. The van der Waals surface area contributed by atoms with Crippen LogP contribution >= 0.6 is 11.3 Å². The average molecular weight is 474 g/mol. The van der Waals surface area contributed by atoms with Crippen molar-refractivity contribution >= 4 is 29.2 Å². The van der Waals surface area contributed by atoms with Crippen molar-refractivity contribution < 1.29 is 28.6 Å². The van der Waals surface area contributed by atoms with Crippen molar-refractivity contribution in [2.45, 2.75) is 44.8 Å². The molecule has 1 aliphatic carbocycles. The van der Waals surface area contributed by atoms with Gasteiger partial charge in [0.25, 0.3) is 5.91 Å². The van der Waals surface area contributed by atoms with E-state index in [1.54, 1.807) is 25.7 Å². The zero-order valence-corrected chi connectivity index (χ0v) is 19.7. The van der Waals surface area contributed by atoms with E-state index in [0.717, 1.165) is 29.7 Å². The first-order chi connectivity index (χ1) is 15.9. The van der Waals surface area contributed by atoms with Crippen LogP contribution in [0.25, 0.3) is 10.6 Å². The lowest BCUT2D eigenvalue weighted by Gasteiger charge is -2.36. The van der Waals surface area contributed by atoms with Crippen LogP contribution in [0, 0.1) is 5.92 Å². The van der Waals surface area contributed by atoms with E-state index < -0.39 is 24.1 Å². The number of aromatic nitrogens is 1. The van der Waals surface area contributed by atoms with Gasteiger partial charge >= 0.3 is 12.0 Å². The van der Waals surface area contributed by atoms with Gasteiger partial charge in [-0.05, 0) is 30.9 Å². The quantitative estimate of drug-likeness (QED) is 0.485. The number of hydrogen-bond acceptors (Lipinski definition) is 8. The number of rotatable bonds is 7. The van der Waals surface area contributed by atoms with Gasteiger partial charge in [-0.2, -0.15) is 0 Å². The Morgan fingerprint density at radius 3 is 2.82 bits per heavy atom. The number of amides is 3. The molecule has 1 aliphatic heterocycles.